The van der Waals surface area contributed by atoms with Gasteiger partial charge in [-0.25, -0.2) is 4.98 Å². The van der Waals surface area contributed by atoms with Gasteiger partial charge in [-0.15, -0.1) is 0 Å². The first-order valence-corrected chi connectivity index (χ1v) is 11.0. The van der Waals surface area contributed by atoms with Crippen molar-refractivity contribution < 1.29 is 9.66 Å². The van der Waals surface area contributed by atoms with E-state index in [2.05, 4.69) is 10.1 Å². The first kappa shape index (κ1) is 23.1. The second-order valence-electron chi connectivity index (χ2n) is 7.62. The van der Waals surface area contributed by atoms with E-state index < -0.39 is 4.92 Å². The van der Waals surface area contributed by atoms with Crippen molar-refractivity contribution in [2.24, 2.45) is 5.10 Å². The Bertz CT molecular complexity index is 1450. The summed E-state index contributed by atoms with van der Waals surface area (Å²) in [4.78, 5) is 29.1. The minimum atomic E-state index is -0.555. The van der Waals surface area contributed by atoms with Crippen LogP contribution in [0.4, 0.5) is 5.69 Å². The molecule has 0 amide bonds. The third-order valence-corrected chi connectivity index (χ3v) is 5.47. The molecule has 0 N–H and O–H groups in total. The lowest BCUT2D eigenvalue weighted by molar-refractivity contribution is -0.386. The molecule has 0 spiro atoms. The van der Waals surface area contributed by atoms with Crippen molar-refractivity contribution in [3.05, 3.63) is 97.8 Å². The van der Waals surface area contributed by atoms with Crippen LogP contribution in [-0.2, 0) is 0 Å². The number of nitro benzene ring substituents is 1. The molecule has 0 aliphatic carbocycles. The summed E-state index contributed by atoms with van der Waals surface area (Å²) in [6.45, 7) is 3.72. The summed E-state index contributed by atoms with van der Waals surface area (Å²) in [6, 6.07) is 18.9. The highest BCUT2D eigenvalue weighted by atomic mass is 35.5. The van der Waals surface area contributed by atoms with Gasteiger partial charge in [0.1, 0.15) is 0 Å². The van der Waals surface area contributed by atoms with Crippen LogP contribution < -0.4 is 10.3 Å². The number of hydrogen-bond acceptors (Lipinski definition) is 6. The Hall–Kier alpha value is -4.04. The van der Waals surface area contributed by atoms with Crippen molar-refractivity contribution in [2.75, 3.05) is 0 Å². The average Bonchev–Trinajstić information content (AvgIpc) is 2.84. The SMILES string of the molecule is CC[C@H](C)Oc1c(C=Nn2c(-c3ccccc3)nc3ccccc3c2=O)cc(Cl)cc1[N+](=O)[O-]. The normalized spacial score (nSPS) is 12.2. The number of nitrogens with zero attached hydrogens (tertiary/aromatic N) is 4. The van der Waals surface area contributed by atoms with E-state index >= 15 is 0 Å². The van der Waals surface area contributed by atoms with Crippen molar-refractivity contribution >= 4 is 34.4 Å². The molecular weight excluding hydrogens is 456 g/mol. The number of hydrogen-bond donors (Lipinski definition) is 0. The van der Waals surface area contributed by atoms with Crippen molar-refractivity contribution in [1.82, 2.24) is 9.66 Å². The van der Waals surface area contributed by atoms with Gasteiger partial charge in [0, 0.05) is 22.2 Å². The Balaban J connectivity index is 1.93. The highest BCUT2D eigenvalue weighted by molar-refractivity contribution is 6.31. The number of ether oxygens (including phenoxy) is 1. The molecule has 0 saturated carbocycles. The molecule has 0 unspecified atom stereocenters. The Morgan fingerprint density at radius 2 is 1.88 bits per heavy atom. The lowest BCUT2D eigenvalue weighted by atomic mass is 10.1. The van der Waals surface area contributed by atoms with E-state index in [1.807, 2.05) is 44.2 Å². The van der Waals surface area contributed by atoms with Crippen LogP contribution in [0.3, 0.4) is 0 Å². The van der Waals surface area contributed by atoms with E-state index in [-0.39, 0.29) is 33.7 Å². The fourth-order valence-corrected chi connectivity index (χ4v) is 3.59. The van der Waals surface area contributed by atoms with Crippen LogP contribution in [0.25, 0.3) is 22.3 Å². The molecule has 34 heavy (non-hydrogen) atoms. The molecule has 0 fully saturated rings. The van der Waals surface area contributed by atoms with Gasteiger partial charge in [-0.1, -0.05) is 61.0 Å². The number of halogens is 1. The molecule has 0 radical (unpaired) electrons. The molecule has 0 saturated heterocycles. The minimum Gasteiger partial charge on any atom is -0.483 e. The quantitative estimate of drug-likeness (QED) is 0.194. The van der Waals surface area contributed by atoms with Gasteiger partial charge in [0.15, 0.2) is 5.82 Å². The van der Waals surface area contributed by atoms with Crippen LogP contribution in [0.15, 0.2) is 76.6 Å². The molecule has 3 aromatic carbocycles. The molecule has 8 nitrogen and oxygen atoms in total. The van der Waals surface area contributed by atoms with Gasteiger partial charge >= 0.3 is 5.69 Å². The van der Waals surface area contributed by atoms with Crippen LogP contribution in [0, 0.1) is 10.1 Å². The number of rotatable bonds is 7. The zero-order valence-electron chi connectivity index (χ0n) is 18.5. The monoisotopic (exact) mass is 476 g/mol. The van der Waals surface area contributed by atoms with Crippen molar-refractivity contribution in [3.8, 4) is 17.1 Å². The largest absolute Gasteiger partial charge is 0.483 e. The smallest absolute Gasteiger partial charge is 0.313 e. The van der Waals surface area contributed by atoms with Crippen LogP contribution in [-0.4, -0.2) is 26.9 Å². The van der Waals surface area contributed by atoms with Crippen molar-refractivity contribution in [3.63, 3.8) is 0 Å². The second-order valence-corrected chi connectivity index (χ2v) is 8.05. The predicted octanol–water partition coefficient (Wildman–Crippen LogP) is 5.68. The topological polar surface area (TPSA) is 99.6 Å². The molecule has 0 aliphatic heterocycles. The molecule has 0 aliphatic rings. The zero-order valence-corrected chi connectivity index (χ0v) is 19.3. The van der Waals surface area contributed by atoms with Gasteiger partial charge in [0.2, 0.25) is 5.75 Å². The van der Waals surface area contributed by atoms with Gasteiger partial charge < -0.3 is 4.74 Å². The van der Waals surface area contributed by atoms with Crippen LogP contribution in [0.2, 0.25) is 5.02 Å². The Labute approximate surface area is 200 Å². The lowest BCUT2D eigenvalue weighted by Gasteiger charge is -2.15. The molecule has 1 aromatic heterocycles. The molecule has 0 bridgehead atoms. The second kappa shape index (κ2) is 9.84. The average molecular weight is 477 g/mol. The molecule has 1 heterocycles. The Morgan fingerprint density at radius 1 is 1.18 bits per heavy atom. The molecule has 4 aromatic rings. The highest BCUT2D eigenvalue weighted by Crippen LogP contribution is 2.35. The predicted molar refractivity (Wildman–Crippen MR) is 133 cm³/mol. The number of para-hydroxylation sites is 1. The van der Waals surface area contributed by atoms with Crippen LogP contribution in [0.1, 0.15) is 25.8 Å². The Kier molecular flexibility index (Phi) is 6.70. The summed E-state index contributed by atoms with van der Waals surface area (Å²) in [5.41, 5.74) is 0.856. The summed E-state index contributed by atoms with van der Waals surface area (Å²) in [5, 5.41) is 16.6. The van der Waals surface area contributed by atoms with Crippen LogP contribution in [0.5, 0.6) is 5.75 Å². The summed E-state index contributed by atoms with van der Waals surface area (Å²) >= 11 is 6.15. The summed E-state index contributed by atoms with van der Waals surface area (Å²) < 4.78 is 7.03. The maximum atomic E-state index is 13.3. The first-order valence-electron chi connectivity index (χ1n) is 10.6. The van der Waals surface area contributed by atoms with E-state index in [0.29, 0.717) is 28.7 Å². The third kappa shape index (κ3) is 4.67. The molecule has 9 heteroatoms. The Morgan fingerprint density at radius 3 is 2.59 bits per heavy atom. The van der Waals surface area contributed by atoms with E-state index in [1.54, 1.807) is 24.3 Å². The number of benzene rings is 3. The number of fused-ring (bicyclic) bond motifs is 1. The lowest BCUT2D eigenvalue weighted by Crippen LogP contribution is -2.20. The standard InChI is InChI=1S/C25H21ClN4O4/c1-3-16(2)34-23-18(13-19(26)14-22(23)30(32)33)15-27-29-24(17-9-5-4-6-10-17)28-21-12-8-7-11-20(21)25(29)31/h4-16H,3H2,1-2H3/t16-/m0/s1. The van der Waals surface area contributed by atoms with Gasteiger partial charge in [-0.05, 0) is 31.5 Å². The third-order valence-electron chi connectivity index (χ3n) is 5.25. The van der Waals surface area contributed by atoms with E-state index in [1.165, 1.54) is 23.0 Å². The van der Waals surface area contributed by atoms with E-state index in [9.17, 15) is 14.9 Å². The molecule has 172 valence electrons. The van der Waals surface area contributed by atoms with Crippen LogP contribution >= 0.6 is 11.6 Å². The maximum absolute atomic E-state index is 13.3. The first-order chi connectivity index (χ1) is 16.4. The van der Waals surface area contributed by atoms with Gasteiger partial charge in [0.05, 0.1) is 28.1 Å². The summed E-state index contributed by atoms with van der Waals surface area (Å²) in [5.74, 6) is 0.372. The fraction of sp³-hybridized carbons (Fsp3) is 0.160. The fourth-order valence-electron chi connectivity index (χ4n) is 3.37. The number of aromatic nitrogens is 2. The van der Waals surface area contributed by atoms with Gasteiger partial charge in [-0.3, -0.25) is 14.9 Å². The number of nitro groups is 1. The molecular formula is C25H21ClN4O4. The summed E-state index contributed by atoms with van der Waals surface area (Å²) in [7, 11) is 0. The molecule has 4 rings (SSSR count). The van der Waals surface area contributed by atoms with Gasteiger partial charge in [-0.2, -0.15) is 9.78 Å². The van der Waals surface area contributed by atoms with Crippen molar-refractivity contribution in [1.29, 1.82) is 0 Å². The van der Waals surface area contributed by atoms with E-state index in [0.717, 1.165) is 0 Å². The van der Waals surface area contributed by atoms with E-state index in [4.69, 9.17) is 16.3 Å². The zero-order chi connectivity index (χ0) is 24.2. The minimum absolute atomic E-state index is 0.0376. The summed E-state index contributed by atoms with van der Waals surface area (Å²) in [6.07, 6.45) is 1.70. The van der Waals surface area contributed by atoms with Crippen molar-refractivity contribution in [2.45, 2.75) is 26.4 Å². The highest BCUT2D eigenvalue weighted by Gasteiger charge is 2.22. The molecule has 1 atom stereocenters. The van der Waals surface area contributed by atoms with Gasteiger partial charge in [0.25, 0.3) is 5.56 Å². The maximum Gasteiger partial charge on any atom is 0.313 e.